The fraction of sp³-hybridized carbons (Fsp3) is 0.750. The molecule has 7 heteroatoms. The Balaban J connectivity index is 1.21. The summed E-state index contributed by atoms with van der Waals surface area (Å²) in [5.41, 5.74) is 1.64. The van der Waals surface area contributed by atoms with Crippen LogP contribution in [0.5, 0.6) is 0 Å². The zero-order chi connectivity index (χ0) is 24.3. The summed E-state index contributed by atoms with van der Waals surface area (Å²) >= 11 is 3.13. The van der Waals surface area contributed by atoms with Gasteiger partial charge in [0.25, 0.3) is 5.56 Å². The van der Waals surface area contributed by atoms with Gasteiger partial charge in [0, 0.05) is 17.0 Å². The molecule has 5 aliphatic carbocycles. The van der Waals surface area contributed by atoms with Gasteiger partial charge in [-0.15, -0.1) is 11.3 Å². The van der Waals surface area contributed by atoms with Crippen LogP contribution in [0.25, 0.3) is 10.2 Å². The molecule has 2 aromatic rings. The number of fused-ring (bicyclic) bond motifs is 3. The lowest BCUT2D eigenvalue weighted by Gasteiger charge is -2.59. The van der Waals surface area contributed by atoms with Gasteiger partial charge in [-0.05, 0) is 113 Å². The zero-order valence-corrected chi connectivity index (χ0v) is 23.0. The molecule has 2 heterocycles. The first-order valence-corrected chi connectivity index (χ1v) is 15.7. The van der Waals surface area contributed by atoms with Gasteiger partial charge < -0.3 is 5.32 Å². The first kappa shape index (κ1) is 24.0. The van der Waals surface area contributed by atoms with E-state index < -0.39 is 0 Å². The van der Waals surface area contributed by atoms with E-state index in [4.69, 9.17) is 4.98 Å². The Morgan fingerprint density at radius 3 is 2.46 bits per heavy atom. The predicted molar refractivity (Wildman–Crippen MR) is 144 cm³/mol. The average molecular weight is 514 g/mol. The molecule has 5 aliphatic rings. The first-order chi connectivity index (χ1) is 16.9. The third kappa shape index (κ3) is 4.18. The lowest BCUT2D eigenvalue weighted by Crippen LogP contribution is -2.56. The summed E-state index contributed by atoms with van der Waals surface area (Å²) in [6.45, 7) is 6.44. The highest BCUT2D eigenvalue weighted by Crippen LogP contribution is 2.61. The van der Waals surface area contributed by atoms with Gasteiger partial charge in [0.15, 0.2) is 5.16 Å². The Bertz CT molecular complexity index is 1160. The summed E-state index contributed by atoms with van der Waals surface area (Å²) in [5.74, 6) is 3.04. The molecule has 2 aromatic heterocycles. The monoisotopic (exact) mass is 513 g/mol. The number of thiophene rings is 1. The molecule has 4 bridgehead atoms. The molecule has 4 saturated carbocycles. The summed E-state index contributed by atoms with van der Waals surface area (Å²) < 4.78 is 1.87. The van der Waals surface area contributed by atoms with Crippen molar-refractivity contribution in [2.45, 2.75) is 109 Å². The van der Waals surface area contributed by atoms with E-state index in [9.17, 15) is 9.59 Å². The molecule has 35 heavy (non-hydrogen) atoms. The van der Waals surface area contributed by atoms with Crippen LogP contribution in [0.4, 0.5) is 0 Å². The largest absolute Gasteiger partial charge is 0.352 e. The van der Waals surface area contributed by atoms with E-state index in [1.807, 2.05) is 4.57 Å². The second kappa shape index (κ2) is 9.20. The van der Waals surface area contributed by atoms with Crippen LogP contribution in [0.1, 0.15) is 95.0 Å². The minimum absolute atomic E-state index is 0.0649. The minimum atomic E-state index is 0.0649. The number of hydrogen-bond donors (Lipinski definition) is 1. The van der Waals surface area contributed by atoms with Crippen LogP contribution < -0.4 is 10.9 Å². The fourth-order valence-electron chi connectivity index (χ4n) is 8.15. The third-order valence-corrected chi connectivity index (χ3v) is 11.9. The Labute approximate surface area is 216 Å². The number of carbonyl (C=O) groups is 1. The molecule has 0 saturated heterocycles. The average Bonchev–Trinajstić information content (AvgIpc) is 3.20. The quantitative estimate of drug-likeness (QED) is 0.358. The molecule has 1 N–H and O–H groups in total. The Hall–Kier alpha value is -1.34. The molecule has 5 nitrogen and oxygen atoms in total. The Morgan fingerprint density at radius 2 is 1.80 bits per heavy atom. The van der Waals surface area contributed by atoms with E-state index in [2.05, 4.69) is 26.1 Å². The summed E-state index contributed by atoms with van der Waals surface area (Å²) in [7, 11) is 0. The highest BCUT2D eigenvalue weighted by Gasteiger charge is 2.53. The molecular weight excluding hydrogens is 474 g/mol. The summed E-state index contributed by atoms with van der Waals surface area (Å²) in [6, 6.07) is 0.287. The van der Waals surface area contributed by atoms with Crippen molar-refractivity contribution in [3.05, 3.63) is 20.8 Å². The van der Waals surface area contributed by atoms with Gasteiger partial charge in [0.1, 0.15) is 4.83 Å². The summed E-state index contributed by atoms with van der Waals surface area (Å²) in [4.78, 5) is 34.0. The lowest BCUT2D eigenvalue weighted by molar-refractivity contribution is -0.123. The maximum atomic E-state index is 13.7. The van der Waals surface area contributed by atoms with Gasteiger partial charge in [-0.3, -0.25) is 14.2 Å². The molecular formula is C28H39N3O2S2. The van der Waals surface area contributed by atoms with Crippen LogP contribution in [-0.4, -0.2) is 27.3 Å². The van der Waals surface area contributed by atoms with Crippen molar-refractivity contribution in [3.63, 3.8) is 0 Å². The van der Waals surface area contributed by atoms with Gasteiger partial charge in [-0.25, -0.2) is 4.98 Å². The van der Waals surface area contributed by atoms with Gasteiger partial charge in [-0.2, -0.15) is 0 Å². The van der Waals surface area contributed by atoms with Crippen LogP contribution >= 0.6 is 23.1 Å². The standard InChI is InChI=1S/C28H39N3O2S2/c1-4-16(2)31-26(33)24-21-7-5-6-8-22(21)35-25(24)30-27(31)34-15-23(32)29-17(3)28-12-18-9-19(13-28)11-20(10-18)14-28/h16-20H,4-15H2,1-3H3,(H,29,32). The van der Waals surface area contributed by atoms with E-state index in [0.29, 0.717) is 16.3 Å². The highest BCUT2D eigenvalue weighted by atomic mass is 32.2. The van der Waals surface area contributed by atoms with Crippen molar-refractivity contribution < 1.29 is 4.79 Å². The number of aryl methyl sites for hydroxylation is 2. The number of aromatic nitrogens is 2. The van der Waals surface area contributed by atoms with Gasteiger partial charge in [0.05, 0.1) is 11.1 Å². The van der Waals surface area contributed by atoms with Crippen LogP contribution in [-0.2, 0) is 17.6 Å². The van der Waals surface area contributed by atoms with Gasteiger partial charge >= 0.3 is 0 Å². The predicted octanol–water partition coefficient (Wildman–Crippen LogP) is 6.12. The van der Waals surface area contributed by atoms with E-state index in [-0.39, 0.29) is 23.6 Å². The molecule has 0 radical (unpaired) electrons. The van der Waals surface area contributed by atoms with E-state index >= 15 is 0 Å². The summed E-state index contributed by atoms with van der Waals surface area (Å²) in [6.07, 6.45) is 13.4. The van der Waals surface area contributed by atoms with Crippen LogP contribution in [0, 0.1) is 23.2 Å². The molecule has 1 amide bonds. The number of hydrogen-bond acceptors (Lipinski definition) is 5. The van der Waals surface area contributed by atoms with E-state index in [1.54, 1.807) is 11.3 Å². The fourth-order valence-corrected chi connectivity index (χ4v) is 10.4. The maximum Gasteiger partial charge on any atom is 0.263 e. The zero-order valence-electron chi connectivity index (χ0n) is 21.4. The third-order valence-electron chi connectivity index (χ3n) is 9.73. The van der Waals surface area contributed by atoms with Gasteiger partial charge in [-0.1, -0.05) is 18.7 Å². The normalized spacial score (nSPS) is 30.9. The minimum Gasteiger partial charge on any atom is -0.352 e. The molecule has 7 rings (SSSR count). The van der Waals surface area contributed by atoms with Crippen LogP contribution in [0.3, 0.4) is 0 Å². The molecule has 0 aliphatic heterocycles. The van der Waals surface area contributed by atoms with Crippen molar-refractivity contribution >= 4 is 39.2 Å². The number of nitrogens with zero attached hydrogens (tertiary/aromatic N) is 2. The van der Waals surface area contributed by atoms with Crippen LogP contribution in [0.2, 0.25) is 0 Å². The van der Waals surface area contributed by atoms with Crippen molar-refractivity contribution in [2.75, 3.05) is 5.75 Å². The van der Waals surface area contributed by atoms with E-state index in [1.165, 1.54) is 67.1 Å². The smallest absolute Gasteiger partial charge is 0.263 e. The van der Waals surface area contributed by atoms with Crippen LogP contribution in [0.15, 0.2) is 9.95 Å². The van der Waals surface area contributed by atoms with Crippen molar-refractivity contribution in [1.82, 2.24) is 14.9 Å². The maximum absolute atomic E-state index is 13.7. The van der Waals surface area contributed by atoms with Crippen molar-refractivity contribution in [3.8, 4) is 0 Å². The molecule has 2 atom stereocenters. The summed E-state index contributed by atoms with van der Waals surface area (Å²) in [5, 5.41) is 4.93. The highest BCUT2D eigenvalue weighted by molar-refractivity contribution is 7.99. The topological polar surface area (TPSA) is 64.0 Å². The van der Waals surface area contributed by atoms with E-state index in [0.717, 1.165) is 53.7 Å². The number of thioether (sulfide) groups is 1. The number of nitrogens with one attached hydrogen (secondary N) is 1. The molecule has 0 aromatic carbocycles. The number of rotatable bonds is 7. The number of carbonyl (C=O) groups excluding carboxylic acids is 1. The second-order valence-corrected chi connectivity index (χ2v) is 14.1. The SMILES string of the molecule is CCC(C)n1c(SCC(=O)NC(C)C23CC4CC(CC(C4)C2)C3)nc2sc3c(c2c1=O)CCCC3. The van der Waals surface area contributed by atoms with Crippen molar-refractivity contribution in [2.24, 2.45) is 23.2 Å². The Morgan fingerprint density at radius 1 is 1.14 bits per heavy atom. The van der Waals surface area contributed by atoms with Crippen molar-refractivity contribution in [1.29, 1.82) is 0 Å². The molecule has 0 spiro atoms. The Kier molecular flexibility index (Phi) is 6.31. The lowest BCUT2D eigenvalue weighted by atomic mass is 9.48. The number of amides is 1. The second-order valence-electron chi connectivity index (χ2n) is 12.1. The van der Waals surface area contributed by atoms with Gasteiger partial charge in [0.2, 0.25) is 5.91 Å². The molecule has 4 fully saturated rings. The first-order valence-electron chi connectivity index (χ1n) is 13.9. The molecule has 2 unspecified atom stereocenters. The molecule has 190 valence electrons.